The highest BCUT2D eigenvalue weighted by Gasteiger charge is 2.01. The van der Waals surface area contributed by atoms with Gasteiger partial charge in [0.25, 0.3) is 0 Å². The number of rotatable bonds is 8. The maximum atomic E-state index is 10.9. The molecule has 0 aliphatic rings. The Bertz CT molecular complexity index is 128. The Balaban J connectivity index is 3.11. The molecule has 4 nitrogen and oxygen atoms in total. The molecule has 0 aromatic carbocycles. The number of unbranched alkanes of at least 4 members (excludes halogenated alkanes) is 2. The van der Waals surface area contributed by atoms with Crippen LogP contribution in [0.4, 0.5) is 0 Å². The van der Waals surface area contributed by atoms with Crippen LogP contribution in [-0.2, 0) is 14.3 Å². The highest BCUT2D eigenvalue weighted by molar-refractivity contribution is 5.70. The van der Waals surface area contributed by atoms with Crippen LogP contribution in [0.2, 0.25) is 0 Å². The lowest BCUT2D eigenvalue weighted by Crippen LogP contribution is -2.17. The number of hydrogen-bond donors (Lipinski definition) is 1. The Morgan fingerprint density at radius 1 is 1.31 bits per heavy atom. The molecule has 0 saturated heterocycles. The monoisotopic (exact) mass is 189 g/mol. The second-order valence-corrected chi connectivity index (χ2v) is 2.77. The number of ether oxygens (including phenoxy) is 2. The molecule has 0 aromatic rings. The van der Waals surface area contributed by atoms with E-state index in [0.717, 1.165) is 19.3 Å². The van der Waals surface area contributed by atoms with Crippen LogP contribution in [0.1, 0.15) is 26.2 Å². The van der Waals surface area contributed by atoms with Crippen LogP contribution in [-0.4, -0.2) is 32.3 Å². The maximum Gasteiger partial charge on any atom is 0.332 e. The van der Waals surface area contributed by atoms with Crippen LogP contribution in [0, 0.1) is 0 Å². The molecule has 0 spiro atoms. The van der Waals surface area contributed by atoms with Crippen molar-refractivity contribution in [1.82, 2.24) is 0 Å². The van der Waals surface area contributed by atoms with E-state index in [0.29, 0.717) is 19.8 Å². The highest BCUT2D eigenvalue weighted by Crippen LogP contribution is 1.94. The van der Waals surface area contributed by atoms with E-state index in [1.807, 2.05) is 0 Å². The number of carbonyl (C=O) groups excluding carboxylic acids is 1. The van der Waals surface area contributed by atoms with E-state index in [4.69, 9.17) is 15.2 Å². The molecule has 0 saturated carbocycles. The molecule has 13 heavy (non-hydrogen) atoms. The Morgan fingerprint density at radius 2 is 2.08 bits per heavy atom. The average molecular weight is 189 g/mol. The maximum absolute atomic E-state index is 10.9. The summed E-state index contributed by atoms with van der Waals surface area (Å²) in [4.78, 5) is 10.9. The highest BCUT2D eigenvalue weighted by atomic mass is 16.6. The third-order valence-corrected chi connectivity index (χ3v) is 1.49. The second kappa shape index (κ2) is 9.48. The molecule has 4 heteroatoms. The topological polar surface area (TPSA) is 61.5 Å². The first-order chi connectivity index (χ1) is 6.31. The third kappa shape index (κ3) is 9.30. The lowest BCUT2D eigenvalue weighted by molar-refractivity contribution is -0.148. The van der Waals surface area contributed by atoms with Crippen molar-refractivity contribution in [3.05, 3.63) is 0 Å². The summed E-state index contributed by atoms with van der Waals surface area (Å²) in [6, 6.07) is 0. The first kappa shape index (κ1) is 12.4. The Kier molecular flexibility index (Phi) is 9.03. The zero-order chi connectivity index (χ0) is 9.94. The van der Waals surface area contributed by atoms with Crippen LogP contribution in [0.25, 0.3) is 0 Å². The van der Waals surface area contributed by atoms with E-state index in [1.54, 1.807) is 0 Å². The molecule has 0 amide bonds. The summed E-state index contributed by atoms with van der Waals surface area (Å²) in [7, 11) is 0. The molecule has 0 aliphatic heterocycles. The summed E-state index contributed by atoms with van der Waals surface area (Å²) in [5, 5.41) is 0. The van der Waals surface area contributed by atoms with Gasteiger partial charge in [-0.3, -0.25) is 0 Å². The molecular weight excluding hydrogens is 170 g/mol. The van der Waals surface area contributed by atoms with Gasteiger partial charge < -0.3 is 15.2 Å². The van der Waals surface area contributed by atoms with E-state index in [2.05, 4.69) is 6.92 Å². The van der Waals surface area contributed by atoms with E-state index >= 15 is 0 Å². The Morgan fingerprint density at radius 3 is 2.69 bits per heavy atom. The van der Waals surface area contributed by atoms with Gasteiger partial charge in [-0.05, 0) is 6.42 Å². The second-order valence-electron chi connectivity index (χ2n) is 2.77. The van der Waals surface area contributed by atoms with Gasteiger partial charge >= 0.3 is 5.97 Å². The van der Waals surface area contributed by atoms with Gasteiger partial charge in [0.1, 0.15) is 6.61 Å². The van der Waals surface area contributed by atoms with Crippen molar-refractivity contribution in [2.75, 3.05) is 26.4 Å². The molecule has 0 radical (unpaired) electrons. The van der Waals surface area contributed by atoms with Crippen LogP contribution < -0.4 is 5.73 Å². The van der Waals surface area contributed by atoms with Crippen LogP contribution in [0.15, 0.2) is 0 Å². The van der Waals surface area contributed by atoms with Crippen molar-refractivity contribution < 1.29 is 14.3 Å². The number of hydrogen-bond acceptors (Lipinski definition) is 4. The predicted molar refractivity (Wildman–Crippen MR) is 50.4 cm³/mol. The molecule has 2 N–H and O–H groups in total. The van der Waals surface area contributed by atoms with Crippen molar-refractivity contribution in [2.45, 2.75) is 26.2 Å². The van der Waals surface area contributed by atoms with Gasteiger partial charge in [-0.2, -0.15) is 0 Å². The zero-order valence-electron chi connectivity index (χ0n) is 8.25. The van der Waals surface area contributed by atoms with Crippen molar-refractivity contribution in [3.63, 3.8) is 0 Å². The van der Waals surface area contributed by atoms with Gasteiger partial charge in [-0.1, -0.05) is 19.8 Å². The molecule has 0 bridgehead atoms. The van der Waals surface area contributed by atoms with Crippen molar-refractivity contribution in [2.24, 2.45) is 5.73 Å². The largest absolute Gasteiger partial charge is 0.464 e. The molecule has 0 heterocycles. The normalized spacial score (nSPS) is 10.0. The minimum absolute atomic E-state index is 0.0172. The molecule has 0 unspecified atom stereocenters. The standard InChI is InChI=1S/C9H19NO3/c1-2-3-4-6-13-9(11)8-12-7-5-10/h2-8,10H2,1H3. The lowest BCUT2D eigenvalue weighted by atomic mass is 10.3. The molecule has 0 atom stereocenters. The summed E-state index contributed by atoms with van der Waals surface area (Å²) in [6.07, 6.45) is 3.15. The van der Waals surface area contributed by atoms with E-state index in [-0.39, 0.29) is 12.6 Å². The van der Waals surface area contributed by atoms with E-state index in [9.17, 15) is 4.79 Å². The van der Waals surface area contributed by atoms with Gasteiger partial charge in [-0.25, -0.2) is 4.79 Å². The molecule has 0 aliphatic carbocycles. The quantitative estimate of drug-likeness (QED) is 0.451. The van der Waals surface area contributed by atoms with Crippen molar-refractivity contribution in [1.29, 1.82) is 0 Å². The zero-order valence-corrected chi connectivity index (χ0v) is 8.25. The first-order valence-corrected chi connectivity index (χ1v) is 4.74. The summed E-state index contributed by atoms with van der Waals surface area (Å²) >= 11 is 0. The SMILES string of the molecule is CCCCCOC(=O)COCCN. The van der Waals surface area contributed by atoms with Gasteiger partial charge in [-0.15, -0.1) is 0 Å². The van der Waals surface area contributed by atoms with Crippen molar-refractivity contribution >= 4 is 5.97 Å². The number of nitrogens with two attached hydrogens (primary N) is 1. The fraction of sp³-hybridized carbons (Fsp3) is 0.889. The summed E-state index contributed by atoms with van der Waals surface area (Å²) < 4.78 is 9.79. The number of esters is 1. The molecule has 0 fully saturated rings. The number of carbonyl (C=O) groups is 1. The first-order valence-electron chi connectivity index (χ1n) is 4.74. The molecular formula is C9H19NO3. The Labute approximate surface area is 79.4 Å². The minimum Gasteiger partial charge on any atom is -0.464 e. The minimum atomic E-state index is -0.301. The fourth-order valence-electron chi connectivity index (χ4n) is 0.819. The van der Waals surface area contributed by atoms with Crippen LogP contribution in [0.5, 0.6) is 0 Å². The summed E-state index contributed by atoms with van der Waals surface area (Å²) in [5.74, 6) is -0.301. The van der Waals surface area contributed by atoms with Gasteiger partial charge in [0.05, 0.1) is 13.2 Å². The summed E-state index contributed by atoms with van der Waals surface area (Å²) in [5.41, 5.74) is 5.18. The third-order valence-electron chi connectivity index (χ3n) is 1.49. The molecule has 0 rings (SSSR count). The van der Waals surface area contributed by atoms with Gasteiger partial charge in [0.2, 0.25) is 0 Å². The van der Waals surface area contributed by atoms with Crippen molar-refractivity contribution in [3.8, 4) is 0 Å². The predicted octanol–water partition coefficient (Wildman–Crippen LogP) is 0.695. The van der Waals surface area contributed by atoms with Gasteiger partial charge in [0, 0.05) is 6.54 Å². The molecule has 0 aromatic heterocycles. The Hall–Kier alpha value is -0.610. The van der Waals surface area contributed by atoms with E-state index in [1.165, 1.54) is 0 Å². The summed E-state index contributed by atoms with van der Waals surface area (Å²) in [6.45, 7) is 3.46. The van der Waals surface area contributed by atoms with E-state index < -0.39 is 0 Å². The average Bonchev–Trinajstić information content (AvgIpc) is 2.13. The molecule has 78 valence electrons. The lowest BCUT2D eigenvalue weighted by Gasteiger charge is -2.04. The van der Waals surface area contributed by atoms with Crippen LogP contribution in [0.3, 0.4) is 0 Å². The van der Waals surface area contributed by atoms with Gasteiger partial charge in [0.15, 0.2) is 0 Å². The smallest absolute Gasteiger partial charge is 0.332 e. The fourth-order valence-corrected chi connectivity index (χ4v) is 0.819. The van der Waals surface area contributed by atoms with Crippen LogP contribution >= 0.6 is 0 Å².